The van der Waals surface area contributed by atoms with Gasteiger partial charge in [0.15, 0.2) is 0 Å². The maximum atomic E-state index is 6.20. The molecule has 5 nitrogen and oxygen atoms in total. The molecule has 1 aliphatic rings. The molecule has 0 aliphatic carbocycles. The molecule has 27 heavy (non-hydrogen) atoms. The number of hydrogen-bond donors (Lipinski definition) is 1. The Hall–Kier alpha value is -2.27. The van der Waals surface area contributed by atoms with Gasteiger partial charge >= 0.3 is 0 Å². The number of nitrogens with one attached hydrogen (secondary N) is 1. The zero-order valence-electron chi connectivity index (χ0n) is 17.3. The summed E-state index contributed by atoms with van der Waals surface area (Å²) in [6.07, 6.45) is 3.99. The van der Waals surface area contributed by atoms with Crippen LogP contribution in [0.4, 0.5) is 5.82 Å². The Labute approximate surface area is 161 Å². The lowest BCUT2D eigenvalue weighted by molar-refractivity contribution is 0.138. The second-order valence-electron chi connectivity index (χ2n) is 8.63. The first-order chi connectivity index (χ1) is 12.8. The predicted molar refractivity (Wildman–Crippen MR) is 113 cm³/mol. The normalized spacial score (nSPS) is 15.5. The average molecular weight is 367 g/mol. The van der Waals surface area contributed by atoms with Crippen molar-refractivity contribution in [3.63, 3.8) is 0 Å². The first kappa shape index (κ1) is 18.1. The van der Waals surface area contributed by atoms with Gasteiger partial charge in [-0.25, -0.2) is 4.98 Å². The van der Waals surface area contributed by atoms with Crippen molar-refractivity contribution in [3.8, 4) is 5.75 Å². The fraction of sp³-hybridized carbons (Fsp3) is 0.500. The number of aryl methyl sites for hydroxylation is 2. The molecule has 5 heteroatoms. The van der Waals surface area contributed by atoms with Gasteiger partial charge in [0.2, 0.25) is 0 Å². The molecule has 1 aromatic carbocycles. The van der Waals surface area contributed by atoms with Crippen LogP contribution in [0.1, 0.15) is 31.4 Å². The van der Waals surface area contributed by atoms with Crippen LogP contribution in [0.25, 0.3) is 21.8 Å². The minimum absolute atomic E-state index is 0.157. The van der Waals surface area contributed by atoms with Crippen LogP contribution in [0.2, 0.25) is 0 Å². The van der Waals surface area contributed by atoms with E-state index in [1.165, 1.54) is 32.9 Å². The van der Waals surface area contributed by atoms with Crippen molar-refractivity contribution < 1.29 is 4.74 Å². The molecule has 0 spiro atoms. The van der Waals surface area contributed by atoms with Crippen molar-refractivity contribution in [1.29, 1.82) is 0 Å². The van der Waals surface area contributed by atoms with Gasteiger partial charge in [0.05, 0.1) is 10.9 Å². The molecule has 0 amide bonds. The van der Waals surface area contributed by atoms with E-state index in [1.807, 2.05) is 6.20 Å². The molecule has 0 fully saturated rings. The Kier molecular flexibility index (Phi) is 4.30. The van der Waals surface area contributed by atoms with Crippen LogP contribution in [0, 0.1) is 6.92 Å². The number of ether oxygens (including phenoxy) is 1. The summed E-state index contributed by atoms with van der Waals surface area (Å²) >= 11 is 0. The van der Waals surface area contributed by atoms with Crippen LogP contribution >= 0.6 is 0 Å². The Balaban J connectivity index is 1.88. The summed E-state index contributed by atoms with van der Waals surface area (Å²) in [6, 6.07) is 4.31. The van der Waals surface area contributed by atoms with E-state index in [2.05, 4.69) is 68.8 Å². The van der Waals surface area contributed by atoms with Gasteiger partial charge in [-0.2, -0.15) is 0 Å². The van der Waals surface area contributed by atoms with Gasteiger partial charge in [-0.15, -0.1) is 0 Å². The Morgan fingerprint density at radius 2 is 2.04 bits per heavy atom. The third kappa shape index (κ3) is 3.04. The van der Waals surface area contributed by atoms with Gasteiger partial charge in [-0.3, -0.25) is 0 Å². The monoisotopic (exact) mass is 366 g/mol. The third-order valence-electron chi connectivity index (χ3n) is 5.49. The van der Waals surface area contributed by atoms with Gasteiger partial charge in [-0.05, 0) is 65.5 Å². The zero-order valence-corrected chi connectivity index (χ0v) is 17.3. The molecule has 0 radical (unpaired) electrons. The Morgan fingerprint density at radius 1 is 1.26 bits per heavy atom. The number of nitrogens with zero attached hydrogens (tertiary/aromatic N) is 3. The fourth-order valence-electron chi connectivity index (χ4n) is 4.33. The lowest BCUT2D eigenvalue weighted by Gasteiger charge is -2.16. The van der Waals surface area contributed by atoms with E-state index in [1.54, 1.807) is 0 Å². The second kappa shape index (κ2) is 6.41. The van der Waals surface area contributed by atoms with Crippen molar-refractivity contribution in [2.45, 2.75) is 39.2 Å². The molecular formula is C22H30N4O. The van der Waals surface area contributed by atoms with Crippen molar-refractivity contribution in [2.24, 2.45) is 7.05 Å². The van der Waals surface area contributed by atoms with E-state index in [0.29, 0.717) is 0 Å². The summed E-state index contributed by atoms with van der Waals surface area (Å²) in [5, 5.41) is 6.12. The number of pyridine rings is 1. The van der Waals surface area contributed by atoms with E-state index in [4.69, 9.17) is 9.72 Å². The fourth-order valence-corrected chi connectivity index (χ4v) is 4.33. The van der Waals surface area contributed by atoms with Gasteiger partial charge in [-0.1, -0.05) is 0 Å². The summed E-state index contributed by atoms with van der Waals surface area (Å²) in [4.78, 5) is 6.98. The number of fused-ring (bicyclic) bond motifs is 5. The van der Waals surface area contributed by atoms with Crippen LogP contribution in [0.5, 0.6) is 5.75 Å². The first-order valence-corrected chi connectivity index (χ1v) is 9.76. The Bertz CT molecular complexity index is 1020. The highest BCUT2D eigenvalue weighted by Gasteiger charge is 2.33. The highest BCUT2D eigenvalue weighted by Crippen LogP contribution is 2.44. The Morgan fingerprint density at radius 3 is 2.78 bits per heavy atom. The van der Waals surface area contributed by atoms with Gasteiger partial charge in [0, 0.05) is 42.7 Å². The highest BCUT2D eigenvalue weighted by molar-refractivity contribution is 6.16. The maximum Gasteiger partial charge on any atom is 0.136 e. The molecule has 1 N–H and O–H groups in total. The zero-order chi connectivity index (χ0) is 19.3. The minimum atomic E-state index is -0.157. The van der Waals surface area contributed by atoms with Gasteiger partial charge in [0.1, 0.15) is 17.2 Å². The van der Waals surface area contributed by atoms with Crippen LogP contribution < -0.4 is 10.1 Å². The SMILES string of the molecule is Cc1cnc(NCCCN(C)C)c2c3c4c(ccc3n(C)c12)OC(C)(C)C4. The second-order valence-corrected chi connectivity index (χ2v) is 8.63. The number of hydrogen-bond acceptors (Lipinski definition) is 4. The molecule has 1 aliphatic heterocycles. The molecule has 0 atom stereocenters. The number of aromatic nitrogens is 2. The highest BCUT2D eigenvalue weighted by atomic mass is 16.5. The van der Waals surface area contributed by atoms with Crippen LogP contribution in [0.15, 0.2) is 18.3 Å². The molecule has 0 bridgehead atoms. The first-order valence-electron chi connectivity index (χ1n) is 9.76. The van der Waals surface area contributed by atoms with E-state index in [9.17, 15) is 0 Å². The minimum Gasteiger partial charge on any atom is -0.487 e. The molecule has 4 rings (SSSR count). The summed E-state index contributed by atoms with van der Waals surface area (Å²) in [6.45, 7) is 8.44. The van der Waals surface area contributed by atoms with Crippen molar-refractivity contribution >= 4 is 27.6 Å². The van der Waals surface area contributed by atoms with Crippen LogP contribution in [0.3, 0.4) is 0 Å². The summed E-state index contributed by atoms with van der Waals surface area (Å²) in [7, 11) is 6.37. The van der Waals surface area contributed by atoms with Crippen molar-refractivity contribution in [1.82, 2.24) is 14.5 Å². The topological polar surface area (TPSA) is 42.3 Å². The largest absolute Gasteiger partial charge is 0.487 e. The third-order valence-corrected chi connectivity index (χ3v) is 5.49. The number of rotatable bonds is 5. The van der Waals surface area contributed by atoms with E-state index in [-0.39, 0.29) is 5.60 Å². The van der Waals surface area contributed by atoms with Crippen molar-refractivity contribution in [3.05, 3.63) is 29.5 Å². The lowest BCUT2D eigenvalue weighted by Crippen LogP contribution is -2.24. The number of benzene rings is 1. The van der Waals surface area contributed by atoms with Gasteiger partial charge < -0.3 is 19.5 Å². The van der Waals surface area contributed by atoms with Gasteiger partial charge in [0.25, 0.3) is 0 Å². The number of anilines is 1. The van der Waals surface area contributed by atoms with E-state index < -0.39 is 0 Å². The molecule has 0 saturated carbocycles. The molecule has 0 unspecified atom stereocenters. The average Bonchev–Trinajstić information content (AvgIpc) is 3.07. The quantitative estimate of drug-likeness (QED) is 0.690. The van der Waals surface area contributed by atoms with Crippen LogP contribution in [-0.4, -0.2) is 47.2 Å². The molecule has 3 heterocycles. The lowest BCUT2D eigenvalue weighted by atomic mass is 9.97. The van der Waals surface area contributed by atoms with E-state index >= 15 is 0 Å². The van der Waals surface area contributed by atoms with E-state index in [0.717, 1.165) is 37.5 Å². The predicted octanol–water partition coefficient (Wildman–Crippen LogP) is 4.11. The molecular weight excluding hydrogens is 336 g/mol. The molecule has 2 aromatic heterocycles. The summed E-state index contributed by atoms with van der Waals surface area (Å²) in [5.74, 6) is 2.00. The summed E-state index contributed by atoms with van der Waals surface area (Å²) in [5.41, 5.74) is 4.86. The van der Waals surface area contributed by atoms with Crippen molar-refractivity contribution in [2.75, 3.05) is 32.5 Å². The maximum absolute atomic E-state index is 6.20. The standard InChI is InChI=1S/C22H30N4O/c1-14-13-24-21(23-10-7-11-25(4)5)19-18-15-12-22(2,3)27-17(15)9-8-16(18)26(6)20(14)19/h8-9,13H,7,10-12H2,1-6H3,(H,23,24). The molecule has 144 valence electrons. The van der Waals surface area contributed by atoms with Crippen LogP contribution in [-0.2, 0) is 13.5 Å². The molecule has 0 saturated heterocycles. The summed E-state index contributed by atoms with van der Waals surface area (Å²) < 4.78 is 8.50. The smallest absolute Gasteiger partial charge is 0.136 e. The molecule has 3 aromatic rings.